The van der Waals surface area contributed by atoms with Gasteiger partial charge in [-0.2, -0.15) is 0 Å². The van der Waals surface area contributed by atoms with Crippen molar-refractivity contribution >= 4 is 51.9 Å². The Bertz CT molecular complexity index is 706. The standard InChI is InChI=1S/C15H13ClFN3OS/c1-9(21)18-10-2-4-11(5-3-10)19-15(22)20-12-6-7-14(17)13(16)8-12/h2-8H,1H3,(H,18,21)(H2,19,20,22). The van der Waals surface area contributed by atoms with Gasteiger partial charge in [0.25, 0.3) is 0 Å². The summed E-state index contributed by atoms with van der Waals surface area (Å²) >= 11 is 10.9. The molecular weight excluding hydrogens is 325 g/mol. The molecular formula is C15H13ClFN3OS. The fraction of sp³-hybridized carbons (Fsp3) is 0.0667. The Hall–Kier alpha value is -2.18. The lowest BCUT2D eigenvalue weighted by Crippen LogP contribution is -2.19. The van der Waals surface area contributed by atoms with Gasteiger partial charge in [-0.25, -0.2) is 4.39 Å². The summed E-state index contributed by atoms with van der Waals surface area (Å²) < 4.78 is 13.1. The van der Waals surface area contributed by atoms with Gasteiger partial charge >= 0.3 is 0 Å². The third-order valence-electron chi connectivity index (χ3n) is 2.64. The molecule has 0 heterocycles. The van der Waals surface area contributed by atoms with Gasteiger partial charge in [-0.05, 0) is 54.7 Å². The zero-order valence-electron chi connectivity index (χ0n) is 11.6. The number of nitrogens with one attached hydrogen (secondary N) is 3. The molecule has 7 heteroatoms. The number of halogens is 2. The van der Waals surface area contributed by atoms with Gasteiger partial charge in [0, 0.05) is 24.0 Å². The predicted molar refractivity (Wildman–Crippen MR) is 92.0 cm³/mol. The van der Waals surface area contributed by atoms with Gasteiger partial charge in [-0.15, -0.1) is 0 Å². The molecule has 0 unspecified atom stereocenters. The van der Waals surface area contributed by atoms with Crippen LogP contribution >= 0.6 is 23.8 Å². The lowest BCUT2D eigenvalue weighted by molar-refractivity contribution is -0.114. The molecule has 0 atom stereocenters. The molecule has 2 aromatic carbocycles. The summed E-state index contributed by atoms with van der Waals surface area (Å²) in [6, 6.07) is 11.3. The van der Waals surface area contributed by atoms with Crippen LogP contribution in [0.15, 0.2) is 42.5 Å². The van der Waals surface area contributed by atoms with Crippen molar-refractivity contribution in [2.45, 2.75) is 6.92 Å². The van der Waals surface area contributed by atoms with Crippen molar-refractivity contribution in [1.29, 1.82) is 0 Å². The fourth-order valence-corrected chi connectivity index (χ4v) is 2.12. The molecule has 22 heavy (non-hydrogen) atoms. The average Bonchev–Trinajstić information content (AvgIpc) is 2.44. The van der Waals surface area contributed by atoms with E-state index in [1.54, 1.807) is 24.3 Å². The monoisotopic (exact) mass is 337 g/mol. The molecule has 114 valence electrons. The van der Waals surface area contributed by atoms with Gasteiger partial charge in [0.1, 0.15) is 5.82 Å². The number of anilines is 3. The van der Waals surface area contributed by atoms with Crippen molar-refractivity contribution < 1.29 is 9.18 Å². The zero-order valence-corrected chi connectivity index (χ0v) is 13.2. The van der Waals surface area contributed by atoms with Crippen molar-refractivity contribution in [3.8, 4) is 0 Å². The Labute approximate surface area is 137 Å². The molecule has 0 saturated heterocycles. The minimum absolute atomic E-state index is 0.0208. The van der Waals surface area contributed by atoms with Crippen molar-refractivity contribution in [3.63, 3.8) is 0 Å². The number of carbonyl (C=O) groups excluding carboxylic acids is 1. The Morgan fingerprint density at radius 1 is 1.00 bits per heavy atom. The van der Waals surface area contributed by atoms with Gasteiger partial charge < -0.3 is 16.0 Å². The third kappa shape index (κ3) is 4.68. The number of hydrogen-bond donors (Lipinski definition) is 3. The molecule has 0 spiro atoms. The van der Waals surface area contributed by atoms with Gasteiger partial charge in [-0.1, -0.05) is 11.6 Å². The van der Waals surface area contributed by atoms with Gasteiger partial charge in [0.05, 0.1) is 5.02 Å². The van der Waals surface area contributed by atoms with E-state index in [4.69, 9.17) is 23.8 Å². The number of rotatable bonds is 3. The molecule has 0 aliphatic carbocycles. The molecule has 0 bridgehead atoms. The maximum Gasteiger partial charge on any atom is 0.221 e. The first-order chi connectivity index (χ1) is 10.4. The van der Waals surface area contributed by atoms with E-state index in [1.165, 1.54) is 25.1 Å². The van der Waals surface area contributed by atoms with Crippen LogP contribution in [0.3, 0.4) is 0 Å². The molecule has 0 aliphatic rings. The SMILES string of the molecule is CC(=O)Nc1ccc(NC(=S)Nc2ccc(F)c(Cl)c2)cc1. The largest absolute Gasteiger partial charge is 0.332 e. The van der Waals surface area contributed by atoms with E-state index in [-0.39, 0.29) is 10.9 Å². The van der Waals surface area contributed by atoms with Gasteiger partial charge in [-0.3, -0.25) is 4.79 Å². The number of amides is 1. The minimum atomic E-state index is -0.486. The highest BCUT2D eigenvalue weighted by Crippen LogP contribution is 2.20. The number of benzene rings is 2. The molecule has 2 rings (SSSR count). The second kappa shape index (κ2) is 7.20. The summed E-state index contributed by atoms with van der Waals surface area (Å²) in [5.41, 5.74) is 2.03. The highest BCUT2D eigenvalue weighted by molar-refractivity contribution is 7.80. The summed E-state index contributed by atoms with van der Waals surface area (Å²) in [6.45, 7) is 1.44. The highest BCUT2D eigenvalue weighted by atomic mass is 35.5. The topological polar surface area (TPSA) is 53.2 Å². The average molecular weight is 338 g/mol. The first kappa shape index (κ1) is 16.2. The van der Waals surface area contributed by atoms with E-state index >= 15 is 0 Å². The number of thiocarbonyl (C=S) groups is 1. The maximum absolute atomic E-state index is 13.1. The quantitative estimate of drug-likeness (QED) is 0.733. The zero-order chi connectivity index (χ0) is 16.1. The summed E-state index contributed by atoms with van der Waals surface area (Å²) in [5.74, 6) is -0.620. The van der Waals surface area contributed by atoms with Crippen LogP contribution in [-0.2, 0) is 4.79 Å². The van der Waals surface area contributed by atoms with Crippen molar-refractivity contribution in [2.24, 2.45) is 0 Å². The number of hydrogen-bond acceptors (Lipinski definition) is 2. The van der Waals surface area contributed by atoms with Crippen LogP contribution < -0.4 is 16.0 Å². The smallest absolute Gasteiger partial charge is 0.221 e. The molecule has 1 amide bonds. The summed E-state index contributed by atoms with van der Waals surface area (Å²) in [6.07, 6.45) is 0. The van der Waals surface area contributed by atoms with E-state index in [2.05, 4.69) is 16.0 Å². The lowest BCUT2D eigenvalue weighted by Gasteiger charge is -2.11. The minimum Gasteiger partial charge on any atom is -0.332 e. The molecule has 4 nitrogen and oxygen atoms in total. The number of carbonyl (C=O) groups is 1. The molecule has 0 saturated carbocycles. The second-order valence-corrected chi connectivity index (χ2v) is 5.28. The second-order valence-electron chi connectivity index (χ2n) is 4.47. The predicted octanol–water partition coefficient (Wildman–Crippen LogP) is 4.25. The Balaban J connectivity index is 1.96. The van der Waals surface area contributed by atoms with E-state index in [9.17, 15) is 9.18 Å². The Morgan fingerprint density at radius 2 is 1.50 bits per heavy atom. The van der Waals surface area contributed by atoms with Crippen LogP contribution in [0.1, 0.15) is 6.92 Å². The molecule has 2 aromatic rings. The highest BCUT2D eigenvalue weighted by Gasteiger charge is 2.03. The van der Waals surface area contributed by atoms with Crippen molar-refractivity contribution in [3.05, 3.63) is 53.3 Å². The third-order valence-corrected chi connectivity index (χ3v) is 3.13. The summed E-state index contributed by atoms with van der Waals surface area (Å²) in [4.78, 5) is 10.9. The Morgan fingerprint density at radius 3 is 2.05 bits per heavy atom. The van der Waals surface area contributed by atoms with Gasteiger partial charge in [0.2, 0.25) is 5.91 Å². The molecule has 0 radical (unpaired) electrons. The lowest BCUT2D eigenvalue weighted by atomic mass is 10.3. The van der Waals surface area contributed by atoms with E-state index in [1.807, 2.05) is 0 Å². The fourth-order valence-electron chi connectivity index (χ4n) is 1.71. The molecule has 0 fully saturated rings. The van der Waals surface area contributed by atoms with Crippen molar-refractivity contribution in [1.82, 2.24) is 0 Å². The van der Waals surface area contributed by atoms with Crippen LogP contribution in [-0.4, -0.2) is 11.0 Å². The normalized spacial score (nSPS) is 9.95. The van der Waals surface area contributed by atoms with E-state index in [0.717, 1.165) is 5.69 Å². The van der Waals surface area contributed by atoms with Crippen LogP contribution in [0.2, 0.25) is 5.02 Å². The van der Waals surface area contributed by atoms with Crippen LogP contribution in [0.5, 0.6) is 0 Å². The molecule has 3 N–H and O–H groups in total. The molecule has 0 aromatic heterocycles. The summed E-state index contributed by atoms with van der Waals surface area (Å²) in [5, 5.41) is 8.92. The first-order valence-electron chi connectivity index (χ1n) is 6.35. The maximum atomic E-state index is 13.1. The molecule has 0 aliphatic heterocycles. The van der Waals surface area contributed by atoms with Gasteiger partial charge in [0.15, 0.2) is 5.11 Å². The van der Waals surface area contributed by atoms with Crippen LogP contribution in [0.25, 0.3) is 0 Å². The Kier molecular flexibility index (Phi) is 5.30. The van der Waals surface area contributed by atoms with Crippen LogP contribution in [0, 0.1) is 5.82 Å². The van der Waals surface area contributed by atoms with Crippen LogP contribution in [0.4, 0.5) is 21.5 Å². The summed E-state index contributed by atoms with van der Waals surface area (Å²) in [7, 11) is 0. The van der Waals surface area contributed by atoms with Crippen molar-refractivity contribution in [2.75, 3.05) is 16.0 Å². The van der Waals surface area contributed by atoms with E-state index in [0.29, 0.717) is 16.5 Å². The first-order valence-corrected chi connectivity index (χ1v) is 7.13. The van der Waals surface area contributed by atoms with E-state index < -0.39 is 5.82 Å².